The summed E-state index contributed by atoms with van der Waals surface area (Å²) in [5, 5.41) is 0. The maximum Gasteiger partial charge on any atom is 0.340 e. The van der Waals surface area contributed by atoms with Crippen molar-refractivity contribution in [3.8, 4) is 0 Å². The van der Waals surface area contributed by atoms with Crippen LogP contribution in [0.3, 0.4) is 0 Å². The maximum atomic E-state index is 11.1. The number of carbonyl (C=O) groups excluding carboxylic acids is 2. The Morgan fingerprint density at radius 3 is 2.38 bits per heavy atom. The molecular weight excluding hydrogens is 194 g/mol. The topological polar surface area (TPSA) is 64.6 Å². The molecule has 76 valence electrons. The predicted octanol–water partition coefficient (Wildman–Crippen LogP) is 0.468. The number of carbonyl (C=O) groups is 2. The first-order valence-electron chi connectivity index (χ1n) is 3.93. The Balaban J connectivity index is 4.15. The van der Waals surface area contributed by atoms with E-state index >= 15 is 0 Å². The molecule has 13 heavy (non-hydrogen) atoms. The third-order valence-electron chi connectivity index (χ3n) is 1.41. The summed E-state index contributed by atoms with van der Waals surface area (Å²) in [7, 11) is 0. The van der Waals surface area contributed by atoms with Gasteiger partial charge in [-0.3, -0.25) is 4.79 Å². The zero-order valence-corrected chi connectivity index (χ0v) is 8.47. The Kier molecular flexibility index (Phi) is 6.34. The van der Waals surface area contributed by atoms with Gasteiger partial charge < -0.3 is 9.57 Å². The van der Waals surface area contributed by atoms with Gasteiger partial charge in [-0.05, 0) is 13.3 Å². The summed E-state index contributed by atoms with van der Waals surface area (Å²) in [6, 6.07) is 0. The minimum absolute atomic E-state index is 0.247. The van der Waals surface area contributed by atoms with Crippen molar-refractivity contribution >= 4 is 24.8 Å². The number of rotatable bonds is 5. The minimum atomic E-state index is -0.875. The lowest BCUT2D eigenvalue weighted by atomic mass is 10.1. The number of hydrogen-bond acceptors (Lipinski definition) is 6. The third kappa shape index (κ3) is 4.14. The highest BCUT2D eigenvalue weighted by molar-refractivity contribution is 7.77. The standard InChI is InChI=1S/C7H13NO4S/c1-3-5(6(9)11-4-2)7(10)12-8-13/h5,8,13H,3-4H2,1-2H3. The number of esters is 1. The van der Waals surface area contributed by atoms with Crippen molar-refractivity contribution < 1.29 is 19.2 Å². The maximum absolute atomic E-state index is 11.1. The second kappa shape index (κ2) is 6.73. The van der Waals surface area contributed by atoms with E-state index in [1.807, 2.05) is 4.89 Å². The van der Waals surface area contributed by atoms with E-state index in [1.54, 1.807) is 13.8 Å². The molecule has 0 aliphatic carbocycles. The smallest absolute Gasteiger partial charge is 0.340 e. The van der Waals surface area contributed by atoms with E-state index in [-0.39, 0.29) is 6.61 Å². The average molecular weight is 207 g/mol. The second-order valence-corrected chi connectivity index (χ2v) is 2.41. The minimum Gasteiger partial charge on any atom is -0.465 e. The first-order chi connectivity index (χ1) is 6.17. The van der Waals surface area contributed by atoms with Crippen LogP contribution in [-0.4, -0.2) is 18.5 Å². The number of ether oxygens (including phenoxy) is 1. The van der Waals surface area contributed by atoms with Gasteiger partial charge in [-0.2, -0.15) is 0 Å². The summed E-state index contributed by atoms with van der Waals surface area (Å²) in [6.45, 7) is 3.62. The van der Waals surface area contributed by atoms with Crippen molar-refractivity contribution in [2.24, 2.45) is 5.92 Å². The lowest BCUT2D eigenvalue weighted by molar-refractivity contribution is -0.163. The molecule has 0 aromatic heterocycles. The molecule has 0 aromatic rings. The molecule has 0 bridgehead atoms. The van der Waals surface area contributed by atoms with E-state index in [9.17, 15) is 9.59 Å². The summed E-state index contributed by atoms with van der Waals surface area (Å²) >= 11 is 3.47. The summed E-state index contributed by atoms with van der Waals surface area (Å²) < 4.78 is 4.67. The summed E-state index contributed by atoms with van der Waals surface area (Å²) in [4.78, 5) is 28.4. The number of thiol groups is 1. The Labute approximate surface area is 82.3 Å². The van der Waals surface area contributed by atoms with Crippen LogP contribution < -0.4 is 4.89 Å². The molecule has 0 radical (unpaired) electrons. The van der Waals surface area contributed by atoms with Gasteiger partial charge >= 0.3 is 11.9 Å². The normalized spacial score (nSPS) is 11.9. The Hall–Kier alpha value is -0.750. The van der Waals surface area contributed by atoms with Gasteiger partial charge in [0.25, 0.3) is 0 Å². The Morgan fingerprint density at radius 2 is 2.00 bits per heavy atom. The van der Waals surface area contributed by atoms with Gasteiger partial charge in [-0.1, -0.05) is 24.6 Å². The zero-order valence-electron chi connectivity index (χ0n) is 7.57. The van der Waals surface area contributed by atoms with E-state index < -0.39 is 17.9 Å². The Morgan fingerprint density at radius 1 is 1.38 bits per heavy atom. The summed E-state index contributed by atoms with van der Waals surface area (Å²) in [5.41, 5.74) is 0. The molecule has 1 atom stereocenters. The van der Waals surface area contributed by atoms with Crippen LogP contribution >= 0.6 is 12.8 Å². The molecule has 6 heteroatoms. The molecule has 0 saturated heterocycles. The molecule has 0 aromatic carbocycles. The monoisotopic (exact) mass is 207 g/mol. The lowest BCUT2D eigenvalue weighted by Crippen LogP contribution is -2.29. The molecule has 5 nitrogen and oxygen atoms in total. The van der Waals surface area contributed by atoms with Gasteiger partial charge in [-0.25, -0.2) is 4.79 Å². The highest BCUT2D eigenvalue weighted by Gasteiger charge is 2.27. The van der Waals surface area contributed by atoms with Crippen LogP contribution in [0.25, 0.3) is 0 Å². The van der Waals surface area contributed by atoms with E-state index in [0.29, 0.717) is 6.42 Å². The Bertz CT molecular complexity index is 167. The SMILES string of the molecule is CCOC(=O)C(CC)C(=O)ONS. The first-order valence-corrected chi connectivity index (χ1v) is 4.38. The van der Waals surface area contributed by atoms with Crippen LogP contribution in [0, 0.1) is 5.92 Å². The quantitative estimate of drug-likeness (QED) is 0.297. The molecular formula is C7H13NO4S. The van der Waals surface area contributed by atoms with Crippen molar-refractivity contribution in [3.63, 3.8) is 0 Å². The molecule has 0 spiro atoms. The molecule has 1 N–H and O–H groups in total. The second-order valence-electron chi connectivity index (χ2n) is 2.23. The predicted molar refractivity (Wildman–Crippen MR) is 48.6 cm³/mol. The van der Waals surface area contributed by atoms with Crippen LogP contribution in [0.15, 0.2) is 0 Å². The van der Waals surface area contributed by atoms with Crippen LogP contribution in [0.4, 0.5) is 0 Å². The van der Waals surface area contributed by atoms with Gasteiger partial charge in [0.15, 0.2) is 5.92 Å². The fourth-order valence-corrected chi connectivity index (χ4v) is 0.878. The molecule has 0 rings (SSSR count). The van der Waals surface area contributed by atoms with E-state index in [1.165, 1.54) is 0 Å². The van der Waals surface area contributed by atoms with Crippen molar-refractivity contribution in [2.45, 2.75) is 20.3 Å². The lowest BCUT2D eigenvalue weighted by Gasteiger charge is -2.10. The molecule has 0 aliphatic rings. The third-order valence-corrected chi connectivity index (χ3v) is 1.50. The van der Waals surface area contributed by atoms with E-state index in [0.717, 1.165) is 0 Å². The fourth-order valence-electron chi connectivity index (χ4n) is 0.789. The molecule has 0 aliphatic heterocycles. The highest BCUT2D eigenvalue weighted by Crippen LogP contribution is 2.07. The van der Waals surface area contributed by atoms with E-state index in [4.69, 9.17) is 0 Å². The van der Waals surface area contributed by atoms with Crippen molar-refractivity contribution in [2.75, 3.05) is 6.61 Å². The molecule has 0 saturated carbocycles. The summed E-state index contributed by atoms with van der Waals surface area (Å²) in [5.74, 6) is -2.13. The van der Waals surface area contributed by atoms with Crippen LogP contribution in [0.5, 0.6) is 0 Å². The van der Waals surface area contributed by atoms with Crippen LogP contribution in [0.2, 0.25) is 0 Å². The molecule has 0 heterocycles. The van der Waals surface area contributed by atoms with Gasteiger partial charge in [-0.15, -0.1) is 0 Å². The van der Waals surface area contributed by atoms with E-state index in [2.05, 4.69) is 22.4 Å². The largest absolute Gasteiger partial charge is 0.465 e. The zero-order chi connectivity index (χ0) is 10.3. The van der Waals surface area contributed by atoms with Gasteiger partial charge in [0, 0.05) is 0 Å². The fraction of sp³-hybridized carbons (Fsp3) is 0.714. The van der Waals surface area contributed by atoms with Gasteiger partial charge in [0.05, 0.1) is 6.61 Å². The van der Waals surface area contributed by atoms with Crippen molar-refractivity contribution in [3.05, 3.63) is 0 Å². The number of nitrogens with one attached hydrogen (secondary N) is 1. The van der Waals surface area contributed by atoms with Crippen LogP contribution in [0.1, 0.15) is 20.3 Å². The number of hydrogen-bond donors (Lipinski definition) is 2. The van der Waals surface area contributed by atoms with Crippen molar-refractivity contribution in [1.82, 2.24) is 4.89 Å². The van der Waals surface area contributed by atoms with Crippen molar-refractivity contribution in [1.29, 1.82) is 0 Å². The van der Waals surface area contributed by atoms with Gasteiger partial charge in [0.1, 0.15) is 0 Å². The highest BCUT2D eigenvalue weighted by atomic mass is 32.1. The summed E-state index contributed by atoms with van der Waals surface area (Å²) in [6.07, 6.45) is 0.340. The molecule has 0 fully saturated rings. The molecule has 1 unspecified atom stereocenters. The molecule has 0 amide bonds. The van der Waals surface area contributed by atoms with Crippen LogP contribution in [-0.2, 0) is 19.2 Å². The van der Waals surface area contributed by atoms with Gasteiger partial charge in [0.2, 0.25) is 0 Å². The first kappa shape index (κ1) is 12.2. The average Bonchev–Trinajstić information content (AvgIpc) is 2.06.